The van der Waals surface area contributed by atoms with Gasteiger partial charge in [-0.2, -0.15) is 11.8 Å². The average molecular weight is 371 g/mol. The smallest absolute Gasteiger partial charge is 0.244 e. The molecular weight excluding hydrogens is 351 g/mol. The molecule has 1 aromatic carbocycles. The Kier molecular flexibility index (Phi) is 7.81. The molecule has 0 amide bonds. The highest BCUT2D eigenvalue weighted by Gasteiger charge is 2.25. The van der Waals surface area contributed by atoms with Crippen molar-refractivity contribution in [3.63, 3.8) is 0 Å². The molecule has 0 radical (unpaired) electrons. The number of thioether (sulfide) groups is 1. The molecule has 0 saturated heterocycles. The Hall–Kier alpha value is 0.0200. The second-order valence-electron chi connectivity index (χ2n) is 4.44. The number of hydrogen-bond acceptors (Lipinski definition) is 4. The maximum atomic E-state index is 12.6. The minimum Gasteiger partial charge on any atom is -0.313 e. The van der Waals surface area contributed by atoms with Crippen molar-refractivity contribution in [3.8, 4) is 0 Å². The third kappa shape index (κ3) is 4.74. The molecule has 0 bridgehead atoms. The average Bonchev–Trinajstić information content (AvgIpc) is 2.44. The van der Waals surface area contributed by atoms with Crippen molar-refractivity contribution in [2.45, 2.75) is 18.4 Å². The molecule has 0 aromatic heterocycles. The Morgan fingerprint density at radius 2 is 2.00 bits per heavy atom. The van der Waals surface area contributed by atoms with Crippen molar-refractivity contribution in [1.29, 1.82) is 0 Å². The Bertz CT molecular complexity index is 580. The molecule has 0 aliphatic rings. The minimum atomic E-state index is -3.60. The van der Waals surface area contributed by atoms with E-state index in [1.807, 2.05) is 13.2 Å². The van der Waals surface area contributed by atoms with Gasteiger partial charge in [-0.3, -0.25) is 0 Å². The van der Waals surface area contributed by atoms with Crippen LogP contribution in [0.15, 0.2) is 17.0 Å². The lowest BCUT2D eigenvalue weighted by atomic mass is 10.2. The van der Waals surface area contributed by atoms with Crippen molar-refractivity contribution in [2.24, 2.45) is 0 Å². The van der Waals surface area contributed by atoms with Gasteiger partial charge in [-0.05, 0) is 24.9 Å². The summed E-state index contributed by atoms with van der Waals surface area (Å²) in [6.45, 7) is 3.58. The first-order valence-corrected chi connectivity index (χ1v) is 10.1. The van der Waals surface area contributed by atoms with Gasteiger partial charge in [-0.15, -0.1) is 0 Å². The fourth-order valence-corrected chi connectivity index (χ4v) is 4.32. The van der Waals surface area contributed by atoms with E-state index >= 15 is 0 Å². The van der Waals surface area contributed by atoms with E-state index in [9.17, 15) is 8.42 Å². The largest absolute Gasteiger partial charge is 0.313 e. The molecule has 1 rings (SSSR count). The second kappa shape index (κ2) is 8.60. The van der Waals surface area contributed by atoms with Crippen LogP contribution in [-0.4, -0.2) is 44.9 Å². The standard InChI is InChI=1S/C13H20Cl2N2O2S2/c1-4-16-9-10-11(14)5-6-12(13(10)15)21(18,19)17(2)7-8-20-3/h5-6,16H,4,7-9H2,1-3H3. The lowest BCUT2D eigenvalue weighted by Crippen LogP contribution is -2.29. The lowest BCUT2D eigenvalue weighted by Gasteiger charge is -2.19. The molecule has 0 aliphatic carbocycles. The summed E-state index contributed by atoms with van der Waals surface area (Å²) in [6, 6.07) is 3.04. The van der Waals surface area contributed by atoms with E-state index in [1.54, 1.807) is 24.9 Å². The van der Waals surface area contributed by atoms with Gasteiger partial charge < -0.3 is 5.32 Å². The van der Waals surface area contributed by atoms with Crippen LogP contribution in [0.1, 0.15) is 12.5 Å². The maximum Gasteiger partial charge on any atom is 0.244 e. The normalized spacial score (nSPS) is 12.1. The molecule has 0 saturated carbocycles. The number of nitrogens with one attached hydrogen (secondary N) is 1. The Morgan fingerprint density at radius 1 is 1.33 bits per heavy atom. The zero-order chi connectivity index (χ0) is 16.0. The molecule has 21 heavy (non-hydrogen) atoms. The van der Waals surface area contributed by atoms with E-state index in [1.165, 1.54) is 10.4 Å². The van der Waals surface area contributed by atoms with E-state index in [0.29, 0.717) is 23.7 Å². The third-order valence-electron chi connectivity index (χ3n) is 3.00. The van der Waals surface area contributed by atoms with Crippen LogP contribution in [0.4, 0.5) is 0 Å². The Balaban J connectivity index is 3.18. The summed E-state index contributed by atoms with van der Waals surface area (Å²) in [6.07, 6.45) is 1.93. The summed E-state index contributed by atoms with van der Waals surface area (Å²) >= 11 is 14.0. The molecule has 0 fully saturated rings. The highest BCUT2D eigenvalue weighted by Crippen LogP contribution is 2.32. The summed E-state index contributed by atoms with van der Waals surface area (Å²) in [4.78, 5) is 0.102. The van der Waals surface area contributed by atoms with Crippen LogP contribution >= 0.6 is 35.0 Å². The molecule has 0 atom stereocenters. The number of sulfonamides is 1. The molecule has 4 nitrogen and oxygen atoms in total. The van der Waals surface area contributed by atoms with Crippen molar-refractivity contribution >= 4 is 45.0 Å². The van der Waals surface area contributed by atoms with Gasteiger partial charge in [0.05, 0.1) is 5.02 Å². The molecule has 120 valence electrons. The van der Waals surface area contributed by atoms with Crippen LogP contribution in [-0.2, 0) is 16.6 Å². The summed E-state index contributed by atoms with van der Waals surface area (Å²) < 4.78 is 26.4. The van der Waals surface area contributed by atoms with Gasteiger partial charge in [0.15, 0.2) is 0 Å². The van der Waals surface area contributed by atoms with E-state index in [4.69, 9.17) is 23.2 Å². The summed E-state index contributed by atoms with van der Waals surface area (Å²) in [5, 5.41) is 3.77. The van der Waals surface area contributed by atoms with Gasteiger partial charge >= 0.3 is 0 Å². The van der Waals surface area contributed by atoms with Crippen molar-refractivity contribution in [3.05, 3.63) is 27.7 Å². The van der Waals surface area contributed by atoms with Gasteiger partial charge in [0.2, 0.25) is 10.0 Å². The predicted octanol–water partition coefficient (Wildman–Crippen LogP) is 3.09. The number of halogens is 2. The van der Waals surface area contributed by atoms with E-state index in [2.05, 4.69) is 5.32 Å². The van der Waals surface area contributed by atoms with Crippen LogP contribution < -0.4 is 5.32 Å². The van der Waals surface area contributed by atoms with Crippen molar-refractivity contribution in [1.82, 2.24) is 9.62 Å². The van der Waals surface area contributed by atoms with Gasteiger partial charge in [0.25, 0.3) is 0 Å². The fraction of sp³-hybridized carbons (Fsp3) is 0.538. The van der Waals surface area contributed by atoms with Crippen LogP contribution in [0, 0.1) is 0 Å². The number of hydrogen-bond donors (Lipinski definition) is 1. The zero-order valence-corrected chi connectivity index (χ0v) is 15.5. The molecule has 0 spiro atoms. The maximum absolute atomic E-state index is 12.6. The fourth-order valence-electron chi connectivity index (χ4n) is 1.70. The SMILES string of the molecule is CCNCc1c(Cl)ccc(S(=O)(=O)N(C)CCSC)c1Cl. The lowest BCUT2D eigenvalue weighted by molar-refractivity contribution is 0.488. The number of nitrogens with zero attached hydrogens (tertiary/aromatic N) is 1. The third-order valence-corrected chi connectivity index (χ3v) is 6.39. The highest BCUT2D eigenvalue weighted by atomic mass is 35.5. The van der Waals surface area contributed by atoms with Gasteiger partial charge in [0, 0.05) is 36.5 Å². The topological polar surface area (TPSA) is 49.4 Å². The first-order chi connectivity index (χ1) is 9.86. The molecule has 0 aliphatic heterocycles. The van der Waals surface area contributed by atoms with Crippen LogP contribution in [0.5, 0.6) is 0 Å². The number of benzene rings is 1. The van der Waals surface area contributed by atoms with Crippen LogP contribution in [0.2, 0.25) is 10.0 Å². The molecule has 8 heteroatoms. The predicted molar refractivity (Wildman–Crippen MR) is 92.0 cm³/mol. The van der Waals surface area contributed by atoms with Crippen LogP contribution in [0.25, 0.3) is 0 Å². The number of rotatable bonds is 8. The molecular formula is C13H20Cl2N2O2S2. The highest BCUT2D eigenvalue weighted by molar-refractivity contribution is 7.98. The summed E-state index contributed by atoms with van der Waals surface area (Å²) in [7, 11) is -2.05. The second-order valence-corrected chi connectivity index (χ2v) is 8.22. The van der Waals surface area contributed by atoms with Gasteiger partial charge in [0.1, 0.15) is 4.90 Å². The van der Waals surface area contributed by atoms with Crippen molar-refractivity contribution < 1.29 is 8.42 Å². The zero-order valence-electron chi connectivity index (χ0n) is 12.3. The first kappa shape index (κ1) is 19.1. The van der Waals surface area contributed by atoms with Crippen molar-refractivity contribution in [2.75, 3.05) is 32.1 Å². The monoisotopic (exact) mass is 370 g/mol. The summed E-state index contributed by atoms with van der Waals surface area (Å²) in [5.74, 6) is 0.727. The van der Waals surface area contributed by atoms with Gasteiger partial charge in [-0.25, -0.2) is 12.7 Å². The molecule has 0 unspecified atom stereocenters. The molecule has 1 aromatic rings. The minimum absolute atomic E-state index is 0.102. The van der Waals surface area contributed by atoms with E-state index in [-0.39, 0.29) is 9.92 Å². The quantitative estimate of drug-likeness (QED) is 0.763. The molecule has 1 N–H and O–H groups in total. The van der Waals surface area contributed by atoms with E-state index < -0.39 is 10.0 Å². The van der Waals surface area contributed by atoms with E-state index in [0.717, 1.165) is 12.3 Å². The Labute approximate surface area is 141 Å². The first-order valence-electron chi connectivity index (χ1n) is 6.49. The van der Waals surface area contributed by atoms with Gasteiger partial charge in [-0.1, -0.05) is 30.1 Å². The molecule has 0 heterocycles. The summed E-state index contributed by atoms with van der Waals surface area (Å²) in [5.41, 5.74) is 0.611. The van der Waals surface area contributed by atoms with Crippen LogP contribution in [0.3, 0.4) is 0 Å². The Morgan fingerprint density at radius 3 is 2.57 bits per heavy atom.